The second-order valence-electron chi connectivity index (χ2n) is 6.95. The van der Waals surface area contributed by atoms with Gasteiger partial charge in [-0.1, -0.05) is 0 Å². The van der Waals surface area contributed by atoms with Crippen LogP contribution in [-0.4, -0.2) is 74.7 Å². The van der Waals surface area contributed by atoms with Gasteiger partial charge in [-0.3, -0.25) is 9.59 Å². The molecule has 0 aromatic heterocycles. The van der Waals surface area contributed by atoms with Gasteiger partial charge < -0.3 is 15.5 Å². The summed E-state index contributed by atoms with van der Waals surface area (Å²) in [6, 6.07) is 6.14. The van der Waals surface area contributed by atoms with Gasteiger partial charge in [-0.2, -0.15) is 4.31 Å². The summed E-state index contributed by atoms with van der Waals surface area (Å²) in [6.07, 6.45) is 1.97. The normalized spacial score (nSPS) is 20.9. The minimum absolute atomic E-state index is 0. The number of amides is 2. The number of hydrogen-bond acceptors (Lipinski definition) is 5. The average molecular weight is 431 g/mol. The SMILES string of the molecule is CC(=O)N1CCN(S(=O)(=O)c2ccc(C(=O)N[C@H]3CCCNC3)cc2)CC1.Cl. The van der Waals surface area contributed by atoms with E-state index in [1.165, 1.54) is 23.4 Å². The smallest absolute Gasteiger partial charge is 0.251 e. The number of hydrogen-bond donors (Lipinski definition) is 2. The Labute approximate surface area is 172 Å². The molecule has 0 aliphatic carbocycles. The maximum absolute atomic E-state index is 12.8. The third-order valence-electron chi connectivity index (χ3n) is 5.07. The third kappa shape index (κ3) is 5.22. The van der Waals surface area contributed by atoms with Gasteiger partial charge in [0.15, 0.2) is 0 Å². The molecule has 8 nitrogen and oxygen atoms in total. The van der Waals surface area contributed by atoms with Crippen LogP contribution in [0.15, 0.2) is 29.2 Å². The number of carbonyl (C=O) groups is 2. The van der Waals surface area contributed by atoms with Crippen molar-refractivity contribution in [1.82, 2.24) is 19.8 Å². The van der Waals surface area contributed by atoms with Gasteiger partial charge in [0.1, 0.15) is 0 Å². The Morgan fingerprint density at radius 3 is 2.29 bits per heavy atom. The number of piperidine rings is 1. The highest BCUT2D eigenvalue weighted by Crippen LogP contribution is 2.18. The predicted octanol–water partition coefficient (Wildman–Crippen LogP) is 0.443. The van der Waals surface area contributed by atoms with Crippen LogP contribution in [0.3, 0.4) is 0 Å². The van der Waals surface area contributed by atoms with Crippen LogP contribution < -0.4 is 10.6 Å². The van der Waals surface area contributed by atoms with E-state index in [2.05, 4.69) is 10.6 Å². The lowest BCUT2D eigenvalue weighted by Gasteiger charge is -2.33. The molecule has 10 heteroatoms. The van der Waals surface area contributed by atoms with Crippen molar-refractivity contribution in [2.45, 2.75) is 30.7 Å². The van der Waals surface area contributed by atoms with E-state index < -0.39 is 10.0 Å². The van der Waals surface area contributed by atoms with Gasteiger partial charge in [-0.15, -0.1) is 12.4 Å². The Bertz CT molecular complexity index is 786. The van der Waals surface area contributed by atoms with Crippen molar-refractivity contribution in [1.29, 1.82) is 0 Å². The van der Waals surface area contributed by atoms with E-state index in [0.717, 1.165) is 25.9 Å². The van der Waals surface area contributed by atoms with Crippen LogP contribution >= 0.6 is 12.4 Å². The monoisotopic (exact) mass is 430 g/mol. The zero-order valence-electron chi connectivity index (χ0n) is 15.9. The Morgan fingerprint density at radius 1 is 1.11 bits per heavy atom. The molecular formula is C18H27ClN4O4S. The molecule has 0 spiro atoms. The van der Waals surface area contributed by atoms with E-state index >= 15 is 0 Å². The quantitative estimate of drug-likeness (QED) is 0.722. The molecule has 2 N–H and O–H groups in total. The average Bonchev–Trinajstić information content (AvgIpc) is 2.69. The van der Waals surface area contributed by atoms with Gasteiger partial charge in [-0.25, -0.2) is 8.42 Å². The number of carbonyl (C=O) groups excluding carboxylic acids is 2. The van der Waals surface area contributed by atoms with Crippen LogP contribution in [0, 0.1) is 0 Å². The second kappa shape index (κ2) is 9.69. The summed E-state index contributed by atoms with van der Waals surface area (Å²) >= 11 is 0. The molecule has 3 rings (SSSR count). The summed E-state index contributed by atoms with van der Waals surface area (Å²) in [5, 5.41) is 6.22. The predicted molar refractivity (Wildman–Crippen MR) is 108 cm³/mol. The van der Waals surface area contributed by atoms with E-state index in [4.69, 9.17) is 0 Å². The summed E-state index contributed by atoms with van der Waals surface area (Å²) < 4.78 is 26.9. The molecule has 0 bridgehead atoms. The molecule has 2 fully saturated rings. The zero-order valence-corrected chi connectivity index (χ0v) is 17.5. The van der Waals surface area contributed by atoms with Crippen molar-refractivity contribution in [3.05, 3.63) is 29.8 Å². The van der Waals surface area contributed by atoms with Crippen molar-refractivity contribution in [2.24, 2.45) is 0 Å². The summed E-state index contributed by atoms with van der Waals surface area (Å²) in [5.74, 6) is -0.238. The Morgan fingerprint density at radius 2 is 1.75 bits per heavy atom. The number of sulfonamides is 1. The Balaban J connectivity index is 0.00000280. The highest BCUT2D eigenvalue weighted by atomic mass is 35.5. The van der Waals surface area contributed by atoms with Crippen molar-refractivity contribution >= 4 is 34.2 Å². The summed E-state index contributed by atoms with van der Waals surface area (Å²) in [5.41, 5.74) is 0.445. The molecule has 0 radical (unpaired) electrons. The van der Waals surface area contributed by atoms with E-state index in [9.17, 15) is 18.0 Å². The summed E-state index contributed by atoms with van der Waals surface area (Å²) in [6.45, 7) is 4.55. The van der Waals surface area contributed by atoms with Crippen LogP contribution in [0.2, 0.25) is 0 Å². The Kier molecular flexibility index (Phi) is 7.82. The molecule has 2 amide bonds. The van der Waals surface area contributed by atoms with Crippen LogP contribution in [0.4, 0.5) is 0 Å². The molecule has 2 heterocycles. The highest BCUT2D eigenvalue weighted by Gasteiger charge is 2.29. The molecule has 0 unspecified atom stereocenters. The van der Waals surface area contributed by atoms with E-state index in [0.29, 0.717) is 18.7 Å². The second-order valence-corrected chi connectivity index (χ2v) is 8.89. The highest BCUT2D eigenvalue weighted by molar-refractivity contribution is 7.89. The number of nitrogens with zero attached hydrogens (tertiary/aromatic N) is 2. The first kappa shape index (κ1) is 22.6. The molecule has 1 atom stereocenters. The van der Waals surface area contributed by atoms with Crippen molar-refractivity contribution in [2.75, 3.05) is 39.3 Å². The fraction of sp³-hybridized carbons (Fsp3) is 0.556. The number of piperazine rings is 1. The first-order valence-electron chi connectivity index (χ1n) is 9.25. The van der Waals surface area contributed by atoms with E-state index in [1.54, 1.807) is 17.0 Å². The molecule has 156 valence electrons. The molecule has 2 aliphatic heterocycles. The number of benzene rings is 1. The fourth-order valence-corrected chi connectivity index (χ4v) is 4.84. The number of halogens is 1. The van der Waals surface area contributed by atoms with Crippen LogP contribution in [0.25, 0.3) is 0 Å². The minimum Gasteiger partial charge on any atom is -0.348 e. The molecule has 28 heavy (non-hydrogen) atoms. The number of rotatable bonds is 4. The van der Waals surface area contributed by atoms with Crippen molar-refractivity contribution in [3.8, 4) is 0 Å². The lowest BCUT2D eigenvalue weighted by Crippen LogP contribution is -2.49. The van der Waals surface area contributed by atoms with Crippen LogP contribution in [0.5, 0.6) is 0 Å². The maximum Gasteiger partial charge on any atom is 0.251 e. The van der Waals surface area contributed by atoms with Gasteiger partial charge in [0.2, 0.25) is 15.9 Å². The first-order chi connectivity index (χ1) is 12.9. The minimum atomic E-state index is -3.63. The van der Waals surface area contributed by atoms with E-state index in [-0.39, 0.29) is 48.2 Å². The van der Waals surface area contributed by atoms with Gasteiger partial charge in [0.25, 0.3) is 5.91 Å². The van der Waals surface area contributed by atoms with E-state index in [1.807, 2.05) is 0 Å². The summed E-state index contributed by atoms with van der Waals surface area (Å²) in [4.78, 5) is 25.5. The van der Waals surface area contributed by atoms with Gasteiger partial charge in [0.05, 0.1) is 4.90 Å². The third-order valence-corrected chi connectivity index (χ3v) is 6.98. The zero-order chi connectivity index (χ0) is 19.4. The molecule has 2 aliphatic rings. The van der Waals surface area contributed by atoms with Crippen molar-refractivity contribution in [3.63, 3.8) is 0 Å². The first-order valence-corrected chi connectivity index (χ1v) is 10.7. The topological polar surface area (TPSA) is 98.8 Å². The maximum atomic E-state index is 12.8. The lowest BCUT2D eigenvalue weighted by molar-refractivity contribution is -0.129. The molecule has 1 aromatic rings. The fourth-order valence-electron chi connectivity index (χ4n) is 3.41. The Hall–Kier alpha value is -1.68. The molecule has 1 aromatic carbocycles. The van der Waals surface area contributed by atoms with Crippen LogP contribution in [-0.2, 0) is 14.8 Å². The van der Waals surface area contributed by atoms with Gasteiger partial charge in [-0.05, 0) is 43.7 Å². The van der Waals surface area contributed by atoms with Gasteiger partial charge in [0, 0.05) is 51.3 Å². The lowest BCUT2D eigenvalue weighted by atomic mass is 10.1. The number of nitrogens with one attached hydrogen (secondary N) is 2. The standard InChI is InChI=1S/C18H26N4O4S.ClH/c1-14(23)21-9-11-22(12-10-21)27(25,26)17-6-4-15(5-7-17)18(24)20-16-3-2-8-19-13-16;/h4-7,16,19H,2-3,8-13H2,1H3,(H,20,24);1H/t16-;/m0./s1. The summed E-state index contributed by atoms with van der Waals surface area (Å²) in [7, 11) is -3.63. The van der Waals surface area contributed by atoms with Gasteiger partial charge >= 0.3 is 0 Å². The molecule has 0 saturated carbocycles. The molecule has 2 saturated heterocycles. The largest absolute Gasteiger partial charge is 0.348 e. The molecular weight excluding hydrogens is 404 g/mol. The van der Waals surface area contributed by atoms with Crippen LogP contribution in [0.1, 0.15) is 30.1 Å². The van der Waals surface area contributed by atoms with Crippen molar-refractivity contribution < 1.29 is 18.0 Å².